The van der Waals surface area contributed by atoms with E-state index in [-0.39, 0.29) is 17.9 Å². The molecule has 1 unspecified atom stereocenters. The van der Waals surface area contributed by atoms with Gasteiger partial charge >= 0.3 is 0 Å². The molecule has 1 atom stereocenters. The molecular weight excluding hydrogens is 398 g/mol. The molecule has 0 aliphatic carbocycles. The van der Waals surface area contributed by atoms with Crippen molar-refractivity contribution >= 4 is 22.9 Å². The van der Waals surface area contributed by atoms with E-state index < -0.39 is 17.8 Å². The quantitative estimate of drug-likeness (QED) is 0.734. The molecule has 5 nitrogen and oxygen atoms in total. The van der Waals surface area contributed by atoms with Crippen LogP contribution in [0.2, 0.25) is 0 Å². The summed E-state index contributed by atoms with van der Waals surface area (Å²) in [4.78, 5) is 17.6. The number of nitrogens with zero attached hydrogens (tertiary/aromatic N) is 4. The number of rotatable bonds is 3. The Morgan fingerprint density at radius 3 is 2.61 bits per heavy atom. The first-order valence-electron chi connectivity index (χ1n) is 9.80. The highest BCUT2D eigenvalue weighted by Crippen LogP contribution is 2.27. The largest absolute Gasteiger partial charge is 0.272 e. The number of hydrazone groups is 1. The lowest BCUT2D eigenvalue weighted by Gasteiger charge is -2.30. The standard InChI is InChI=1S/C24H18F2N4O/c1-2-19-9-7-17(20-10-8-18(25)12-21(20)26)11-23-28-22(13-24(31)30(23)29-19)16-5-3-15(14-27)4-6-16/h3-12,23H,2,13H2,1H3. The maximum absolute atomic E-state index is 14.5. The Labute approximate surface area is 178 Å². The molecule has 31 heavy (non-hydrogen) atoms. The van der Waals surface area contributed by atoms with Crippen LogP contribution < -0.4 is 0 Å². The molecule has 1 amide bonds. The van der Waals surface area contributed by atoms with Gasteiger partial charge in [0.2, 0.25) is 0 Å². The van der Waals surface area contributed by atoms with Crippen LogP contribution in [-0.2, 0) is 4.79 Å². The monoisotopic (exact) mass is 416 g/mol. The topological polar surface area (TPSA) is 68.8 Å². The van der Waals surface area contributed by atoms with Gasteiger partial charge in [-0.3, -0.25) is 9.79 Å². The fraction of sp³-hybridized carbons (Fsp3) is 0.167. The summed E-state index contributed by atoms with van der Waals surface area (Å²) >= 11 is 0. The molecule has 2 aromatic rings. The van der Waals surface area contributed by atoms with Crippen molar-refractivity contribution in [2.24, 2.45) is 10.1 Å². The summed E-state index contributed by atoms with van der Waals surface area (Å²) in [5.41, 5.74) is 3.13. The molecule has 2 aliphatic heterocycles. The van der Waals surface area contributed by atoms with Crippen LogP contribution in [0.15, 0.2) is 70.8 Å². The Morgan fingerprint density at radius 2 is 1.94 bits per heavy atom. The highest BCUT2D eigenvalue weighted by atomic mass is 19.1. The van der Waals surface area contributed by atoms with E-state index >= 15 is 0 Å². The van der Waals surface area contributed by atoms with E-state index in [9.17, 15) is 13.6 Å². The first-order valence-corrected chi connectivity index (χ1v) is 9.80. The Hall–Kier alpha value is -3.92. The molecule has 0 radical (unpaired) electrons. The minimum atomic E-state index is -0.780. The molecule has 4 rings (SSSR count). The molecule has 154 valence electrons. The molecule has 7 heteroatoms. The number of carbonyl (C=O) groups is 1. The number of carbonyl (C=O) groups excluding carboxylic acids is 1. The third kappa shape index (κ3) is 4.19. The molecule has 0 fully saturated rings. The molecule has 2 aliphatic rings. The average Bonchev–Trinajstić information content (AvgIpc) is 2.75. The number of halogens is 2. The van der Waals surface area contributed by atoms with E-state index in [0.29, 0.717) is 29.0 Å². The second kappa shape index (κ2) is 8.44. The Kier molecular flexibility index (Phi) is 5.54. The minimum absolute atomic E-state index is 0.0562. The first kappa shape index (κ1) is 20.4. The molecule has 0 saturated heterocycles. The predicted molar refractivity (Wildman–Crippen MR) is 114 cm³/mol. The summed E-state index contributed by atoms with van der Waals surface area (Å²) < 4.78 is 27.9. The second-order valence-corrected chi connectivity index (χ2v) is 7.12. The predicted octanol–water partition coefficient (Wildman–Crippen LogP) is 4.60. The van der Waals surface area contributed by atoms with E-state index in [2.05, 4.69) is 11.2 Å². The highest BCUT2D eigenvalue weighted by Gasteiger charge is 2.30. The Balaban J connectivity index is 1.82. The van der Waals surface area contributed by atoms with Crippen molar-refractivity contribution in [2.75, 3.05) is 0 Å². The molecule has 0 spiro atoms. The number of allylic oxidation sites excluding steroid dienone is 3. The van der Waals surface area contributed by atoms with Crippen LogP contribution in [-0.4, -0.2) is 28.5 Å². The number of hydrogen-bond donors (Lipinski definition) is 0. The number of nitriles is 1. The Morgan fingerprint density at radius 1 is 1.16 bits per heavy atom. The average molecular weight is 416 g/mol. The molecule has 2 heterocycles. The molecule has 0 bridgehead atoms. The number of amides is 1. The van der Waals surface area contributed by atoms with E-state index in [1.165, 1.54) is 17.1 Å². The van der Waals surface area contributed by atoms with Crippen LogP contribution in [0.4, 0.5) is 8.78 Å². The summed E-state index contributed by atoms with van der Waals surface area (Å²) in [6.07, 6.45) is 4.91. The van der Waals surface area contributed by atoms with Gasteiger partial charge in [0, 0.05) is 11.6 Å². The number of hydrogen-bond acceptors (Lipinski definition) is 4. The van der Waals surface area contributed by atoms with Gasteiger partial charge in [-0.05, 0) is 54.0 Å². The van der Waals surface area contributed by atoms with E-state index in [1.54, 1.807) is 42.5 Å². The van der Waals surface area contributed by atoms with E-state index in [0.717, 1.165) is 11.6 Å². The maximum Gasteiger partial charge on any atom is 0.251 e. The third-order valence-electron chi connectivity index (χ3n) is 5.08. The lowest BCUT2D eigenvalue weighted by Crippen LogP contribution is -2.41. The maximum atomic E-state index is 14.5. The highest BCUT2D eigenvalue weighted by molar-refractivity contribution is 6.12. The van der Waals surface area contributed by atoms with Crippen LogP contribution in [0.25, 0.3) is 5.57 Å². The third-order valence-corrected chi connectivity index (χ3v) is 5.08. The van der Waals surface area contributed by atoms with Gasteiger partial charge in [0.15, 0.2) is 6.17 Å². The van der Waals surface area contributed by atoms with Crippen molar-refractivity contribution in [2.45, 2.75) is 25.9 Å². The first-order chi connectivity index (χ1) is 15.0. The zero-order chi connectivity index (χ0) is 22.0. The van der Waals surface area contributed by atoms with Crippen molar-refractivity contribution < 1.29 is 13.6 Å². The van der Waals surface area contributed by atoms with Gasteiger partial charge < -0.3 is 0 Å². The van der Waals surface area contributed by atoms with E-state index in [4.69, 9.17) is 10.3 Å². The van der Waals surface area contributed by atoms with Gasteiger partial charge in [0.1, 0.15) is 11.6 Å². The minimum Gasteiger partial charge on any atom is -0.272 e. The normalized spacial score (nSPS) is 18.3. The second-order valence-electron chi connectivity index (χ2n) is 7.12. The zero-order valence-electron chi connectivity index (χ0n) is 16.7. The van der Waals surface area contributed by atoms with Crippen LogP contribution in [0.1, 0.15) is 36.5 Å². The smallest absolute Gasteiger partial charge is 0.251 e. The Bertz CT molecular complexity index is 1200. The molecule has 0 saturated carbocycles. The summed E-state index contributed by atoms with van der Waals surface area (Å²) in [6.45, 7) is 1.90. The van der Waals surface area contributed by atoms with Crippen LogP contribution in [0.5, 0.6) is 0 Å². The summed E-state index contributed by atoms with van der Waals surface area (Å²) in [5, 5.41) is 14.7. The van der Waals surface area contributed by atoms with Crippen molar-refractivity contribution in [3.05, 3.63) is 89.0 Å². The van der Waals surface area contributed by atoms with E-state index in [1.807, 2.05) is 6.92 Å². The fourth-order valence-electron chi connectivity index (χ4n) is 3.43. The number of fused-ring (bicyclic) bond motifs is 1. The van der Waals surface area contributed by atoms with Gasteiger partial charge in [-0.2, -0.15) is 10.4 Å². The SMILES string of the molecule is CCC1=NN2C(=O)CC(c3ccc(C#N)cc3)=NC2C=C(c2ccc(F)cc2F)C=C1. The van der Waals surface area contributed by atoms with Crippen LogP contribution >= 0.6 is 0 Å². The molecule has 0 aromatic heterocycles. The molecular formula is C24H18F2N4O. The van der Waals surface area contributed by atoms with Gasteiger partial charge in [0.25, 0.3) is 5.91 Å². The summed E-state index contributed by atoms with van der Waals surface area (Å²) in [7, 11) is 0. The zero-order valence-corrected chi connectivity index (χ0v) is 16.7. The lowest BCUT2D eigenvalue weighted by molar-refractivity contribution is -0.131. The van der Waals surface area contributed by atoms with Crippen molar-refractivity contribution in [1.29, 1.82) is 5.26 Å². The van der Waals surface area contributed by atoms with Crippen molar-refractivity contribution in [3.63, 3.8) is 0 Å². The van der Waals surface area contributed by atoms with Gasteiger partial charge in [-0.25, -0.2) is 13.8 Å². The van der Waals surface area contributed by atoms with Crippen LogP contribution in [0.3, 0.4) is 0 Å². The number of benzene rings is 2. The van der Waals surface area contributed by atoms with Crippen molar-refractivity contribution in [1.82, 2.24) is 5.01 Å². The van der Waals surface area contributed by atoms with Gasteiger partial charge in [-0.15, -0.1) is 0 Å². The lowest BCUT2D eigenvalue weighted by atomic mass is 10.00. The van der Waals surface area contributed by atoms with Gasteiger partial charge in [-0.1, -0.05) is 25.1 Å². The molecule has 0 N–H and O–H groups in total. The fourth-order valence-corrected chi connectivity index (χ4v) is 3.43. The summed E-state index contributed by atoms with van der Waals surface area (Å²) in [5.74, 6) is -1.60. The molecule has 2 aromatic carbocycles. The van der Waals surface area contributed by atoms with Crippen LogP contribution in [0, 0.1) is 23.0 Å². The number of aliphatic imine (C=N–C) groups is 1. The van der Waals surface area contributed by atoms with Gasteiger partial charge in [0.05, 0.1) is 29.5 Å². The van der Waals surface area contributed by atoms with Crippen molar-refractivity contribution in [3.8, 4) is 6.07 Å². The summed E-state index contributed by atoms with van der Waals surface area (Å²) in [6, 6.07) is 12.3.